The molecule has 0 bridgehead atoms. The van der Waals surface area contributed by atoms with Gasteiger partial charge in [0.1, 0.15) is 17.2 Å². The fraction of sp³-hybridized carbons (Fsp3) is 0.222. The molecule has 37 heavy (non-hydrogen) atoms. The van der Waals surface area contributed by atoms with Crippen LogP contribution in [-0.2, 0) is 20.4 Å². The van der Waals surface area contributed by atoms with E-state index in [0.717, 1.165) is 0 Å². The smallest absolute Gasteiger partial charge is 0.330 e. The van der Waals surface area contributed by atoms with Gasteiger partial charge in [0.2, 0.25) is 0 Å². The lowest BCUT2D eigenvalue weighted by Crippen LogP contribution is -2.21. The van der Waals surface area contributed by atoms with Crippen LogP contribution < -0.4 is 24.3 Å². The maximum atomic E-state index is 13.7. The summed E-state index contributed by atoms with van der Waals surface area (Å²) in [6.45, 7) is 3.74. The Bertz CT molecular complexity index is 1390. The van der Waals surface area contributed by atoms with Gasteiger partial charge in [-0.1, -0.05) is 49.1 Å². The van der Waals surface area contributed by atoms with E-state index in [2.05, 4.69) is 11.9 Å². The minimum Gasteiger partial charge on any atom is -0.496 e. The van der Waals surface area contributed by atoms with Crippen LogP contribution >= 0.6 is 0 Å². The average molecular weight is 528 g/mol. The maximum absolute atomic E-state index is 13.7. The Morgan fingerprint density at radius 1 is 0.946 bits per heavy atom. The monoisotopic (exact) mass is 527 g/mol. The predicted octanol–water partition coefficient (Wildman–Crippen LogP) is 4.58. The zero-order valence-electron chi connectivity index (χ0n) is 21.0. The molecule has 0 aliphatic carbocycles. The molecule has 0 saturated carbocycles. The average Bonchev–Trinajstić information content (AvgIpc) is 2.90. The molecule has 0 saturated heterocycles. The van der Waals surface area contributed by atoms with E-state index >= 15 is 0 Å². The quantitative estimate of drug-likeness (QED) is 0.349. The lowest BCUT2D eigenvalue weighted by molar-refractivity contribution is -0.138. The Morgan fingerprint density at radius 2 is 1.59 bits per heavy atom. The van der Waals surface area contributed by atoms with Crippen LogP contribution in [0, 0.1) is 0 Å². The highest BCUT2D eigenvalue weighted by atomic mass is 32.2. The molecule has 0 radical (unpaired) electrons. The molecular weight excluding hydrogens is 498 g/mol. The van der Waals surface area contributed by atoms with E-state index in [4.69, 9.17) is 18.9 Å². The van der Waals surface area contributed by atoms with Crippen LogP contribution in [0.15, 0.2) is 66.1 Å². The molecule has 0 amide bonds. The first kappa shape index (κ1) is 27.4. The molecule has 10 heteroatoms. The van der Waals surface area contributed by atoms with E-state index in [1.807, 2.05) is 0 Å². The van der Waals surface area contributed by atoms with Gasteiger partial charge in [-0.3, -0.25) is 0 Å². The van der Waals surface area contributed by atoms with Crippen LogP contribution in [0.5, 0.6) is 23.0 Å². The van der Waals surface area contributed by atoms with Crippen molar-refractivity contribution in [3.8, 4) is 23.0 Å². The maximum Gasteiger partial charge on any atom is 0.330 e. The molecule has 3 aromatic carbocycles. The van der Waals surface area contributed by atoms with Crippen LogP contribution in [0.1, 0.15) is 22.7 Å². The number of hydrogen-bond acceptors (Lipinski definition) is 8. The first-order valence-electron chi connectivity index (χ1n) is 11.1. The zero-order chi connectivity index (χ0) is 27.2. The molecule has 9 nitrogen and oxygen atoms in total. The second-order valence-electron chi connectivity index (χ2n) is 7.88. The van der Waals surface area contributed by atoms with Crippen molar-refractivity contribution in [3.63, 3.8) is 0 Å². The summed E-state index contributed by atoms with van der Waals surface area (Å²) < 4.78 is 48.9. The fourth-order valence-corrected chi connectivity index (χ4v) is 5.64. The molecule has 196 valence electrons. The van der Waals surface area contributed by atoms with Gasteiger partial charge in [0, 0.05) is 6.07 Å². The topological polar surface area (TPSA) is 120 Å². The number of sulfone groups is 1. The molecule has 3 aromatic rings. The van der Waals surface area contributed by atoms with Crippen LogP contribution in [0.4, 0.5) is 5.69 Å². The van der Waals surface area contributed by atoms with Gasteiger partial charge in [-0.25, -0.2) is 13.2 Å². The molecule has 0 aromatic heterocycles. The van der Waals surface area contributed by atoms with E-state index in [1.54, 1.807) is 48.5 Å². The van der Waals surface area contributed by atoms with Crippen molar-refractivity contribution in [2.24, 2.45) is 0 Å². The normalized spacial score (nSPS) is 11.8. The summed E-state index contributed by atoms with van der Waals surface area (Å²) in [6.07, 6.45) is 1.45. The lowest BCUT2D eigenvalue weighted by Gasteiger charge is -2.20. The highest BCUT2D eigenvalue weighted by molar-refractivity contribution is 7.90. The van der Waals surface area contributed by atoms with Crippen molar-refractivity contribution < 1.29 is 37.3 Å². The summed E-state index contributed by atoms with van der Waals surface area (Å²) in [7, 11) is 1.57. The van der Waals surface area contributed by atoms with Crippen molar-refractivity contribution in [2.75, 3.05) is 33.8 Å². The van der Waals surface area contributed by atoms with Gasteiger partial charge in [0.25, 0.3) is 0 Å². The zero-order valence-corrected chi connectivity index (χ0v) is 21.8. The SMILES string of the molecule is C=Cc1c(OC)cc(OC)c(S(=O)(=O)Cc2ccc(OC)c(N[C@@H](C(=O)O)c3ccccc3)c2)c1OC. The molecular formula is C27H29NO8S. The standard InChI is InChI=1S/C27H29NO8S/c1-6-19-22(34-3)15-23(35-4)26(25(19)36-5)37(31,32)16-17-12-13-21(33-2)20(14-17)28-24(27(29)30)18-10-8-7-9-11-18/h6-15,24,28H,1,16H2,2-5H3,(H,29,30)/t24-/m1/s1. The number of anilines is 1. The number of ether oxygens (including phenoxy) is 4. The molecule has 3 rings (SSSR count). The molecule has 0 aliphatic rings. The van der Waals surface area contributed by atoms with Crippen molar-refractivity contribution in [1.82, 2.24) is 0 Å². The molecule has 0 fully saturated rings. The van der Waals surface area contributed by atoms with E-state index < -0.39 is 27.6 Å². The van der Waals surface area contributed by atoms with Crippen LogP contribution in [-0.4, -0.2) is 47.9 Å². The highest BCUT2D eigenvalue weighted by Gasteiger charge is 2.30. The third-order valence-electron chi connectivity index (χ3n) is 5.66. The van der Waals surface area contributed by atoms with Gasteiger partial charge in [-0.15, -0.1) is 0 Å². The Hall–Kier alpha value is -4.18. The van der Waals surface area contributed by atoms with Gasteiger partial charge in [0.05, 0.1) is 45.4 Å². The van der Waals surface area contributed by atoms with Gasteiger partial charge in [-0.05, 0) is 23.3 Å². The Labute approximate surface area is 216 Å². The number of carboxylic acid groups (broad SMARTS) is 1. The highest BCUT2D eigenvalue weighted by Crippen LogP contribution is 2.44. The summed E-state index contributed by atoms with van der Waals surface area (Å²) in [5, 5.41) is 12.8. The molecule has 1 atom stereocenters. The van der Waals surface area contributed by atoms with Crippen molar-refractivity contribution in [1.29, 1.82) is 0 Å². The van der Waals surface area contributed by atoms with Gasteiger partial charge in [-0.2, -0.15) is 0 Å². The van der Waals surface area contributed by atoms with E-state index in [0.29, 0.717) is 33.9 Å². The minimum absolute atomic E-state index is 0.0491. The van der Waals surface area contributed by atoms with Crippen LogP contribution in [0.25, 0.3) is 6.08 Å². The minimum atomic E-state index is -4.03. The number of carbonyl (C=O) groups is 1. The molecule has 0 spiro atoms. The largest absolute Gasteiger partial charge is 0.496 e. The second-order valence-corrected chi connectivity index (χ2v) is 9.81. The van der Waals surface area contributed by atoms with Crippen LogP contribution in [0.3, 0.4) is 0 Å². The number of benzene rings is 3. The third kappa shape index (κ3) is 5.80. The fourth-order valence-electron chi connectivity index (χ4n) is 3.96. The number of carboxylic acids is 1. The second kappa shape index (κ2) is 11.7. The van der Waals surface area contributed by atoms with Gasteiger partial charge in [0.15, 0.2) is 26.5 Å². The molecule has 0 heterocycles. The summed E-state index contributed by atoms with van der Waals surface area (Å²) in [5.41, 5.74) is 1.61. The first-order valence-corrected chi connectivity index (χ1v) is 12.7. The number of aliphatic carboxylic acids is 1. The number of nitrogens with one attached hydrogen (secondary N) is 1. The summed E-state index contributed by atoms with van der Waals surface area (Å²) >= 11 is 0. The van der Waals surface area contributed by atoms with Crippen LogP contribution in [0.2, 0.25) is 0 Å². The molecule has 2 N–H and O–H groups in total. The number of hydrogen-bond donors (Lipinski definition) is 2. The van der Waals surface area contributed by atoms with Crippen molar-refractivity contribution in [2.45, 2.75) is 16.7 Å². The summed E-state index contributed by atoms with van der Waals surface area (Å²) in [4.78, 5) is 11.9. The summed E-state index contributed by atoms with van der Waals surface area (Å²) in [6, 6.07) is 13.7. The molecule has 0 unspecified atom stereocenters. The summed E-state index contributed by atoms with van der Waals surface area (Å²) in [5.74, 6) is -0.717. The predicted molar refractivity (Wildman–Crippen MR) is 141 cm³/mol. The Balaban J connectivity index is 2.07. The van der Waals surface area contributed by atoms with E-state index in [9.17, 15) is 18.3 Å². The van der Waals surface area contributed by atoms with Gasteiger partial charge < -0.3 is 29.4 Å². The first-order chi connectivity index (χ1) is 17.7. The Kier molecular flexibility index (Phi) is 8.67. The Morgan fingerprint density at radius 3 is 2.14 bits per heavy atom. The van der Waals surface area contributed by atoms with E-state index in [1.165, 1.54) is 40.6 Å². The number of rotatable bonds is 12. The molecule has 0 aliphatic heterocycles. The lowest BCUT2D eigenvalue weighted by atomic mass is 10.1. The van der Waals surface area contributed by atoms with Crippen molar-refractivity contribution in [3.05, 3.63) is 77.9 Å². The number of methoxy groups -OCH3 is 4. The van der Waals surface area contributed by atoms with Gasteiger partial charge >= 0.3 is 5.97 Å². The third-order valence-corrected chi connectivity index (χ3v) is 7.38. The van der Waals surface area contributed by atoms with Crippen molar-refractivity contribution >= 4 is 27.6 Å². The van der Waals surface area contributed by atoms with E-state index in [-0.39, 0.29) is 16.4 Å².